The zero-order valence-corrected chi connectivity index (χ0v) is 6.73. The van der Waals surface area contributed by atoms with Gasteiger partial charge in [-0.15, -0.1) is 0 Å². The van der Waals surface area contributed by atoms with E-state index in [-0.39, 0.29) is 13.0 Å². The van der Waals surface area contributed by atoms with E-state index in [0.717, 1.165) is 0 Å². The number of H-pyrrole nitrogens is 1. The second-order valence-electron chi connectivity index (χ2n) is 2.50. The van der Waals surface area contributed by atoms with E-state index >= 15 is 0 Å². The highest BCUT2D eigenvalue weighted by atomic mass is 16.4. The number of aromatic amines is 1. The minimum atomic E-state index is -1.00. The molecule has 3 N–H and O–H groups in total. The van der Waals surface area contributed by atoms with Crippen LogP contribution in [0.2, 0.25) is 0 Å². The Labute approximate surface area is 73.4 Å². The normalized spacial score (nSPS) is 9.85. The van der Waals surface area contributed by atoms with Gasteiger partial charge in [0.15, 0.2) is 6.54 Å². The van der Waals surface area contributed by atoms with Crippen LogP contribution in [0, 0.1) is 0 Å². The number of carboxylic acid groups (broad SMARTS) is 2. The number of hydrogen-bond donors (Lipinski definition) is 3. The van der Waals surface area contributed by atoms with E-state index in [1.54, 1.807) is 0 Å². The zero-order chi connectivity index (χ0) is 9.84. The maximum absolute atomic E-state index is 10.3. The molecule has 1 aromatic rings. The van der Waals surface area contributed by atoms with Gasteiger partial charge in [0, 0.05) is 0 Å². The summed E-state index contributed by atoms with van der Waals surface area (Å²) in [6, 6.07) is 0. The lowest BCUT2D eigenvalue weighted by Gasteiger charge is -1.93. The van der Waals surface area contributed by atoms with Crippen LogP contribution >= 0.6 is 0 Å². The molecule has 0 atom stereocenters. The Balaban J connectivity index is 2.76. The molecule has 0 aliphatic heterocycles. The van der Waals surface area contributed by atoms with Crippen LogP contribution in [-0.2, 0) is 22.6 Å². The van der Waals surface area contributed by atoms with Gasteiger partial charge in [-0.25, -0.2) is 14.3 Å². The van der Waals surface area contributed by atoms with Crippen LogP contribution < -0.4 is 4.57 Å². The smallest absolute Gasteiger partial charge is 0.346 e. The first-order chi connectivity index (χ1) is 6.09. The minimum Gasteiger partial charge on any atom is -0.481 e. The number of hydrogen-bond acceptors (Lipinski definition) is 2. The summed E-state index contributed by atoms with van der Waals surface area (Å²) in [4.78, 5) is 23.3. The molecule has 1 rings (SSSR count). The molecule has 0 amide bonds. The molecule has 1 aromatic heterocycles. The van der Waals surface area contributed by atoms with Crippen LogP contribution in [0.1, 0.15) is 5.82 Å². The van der Waals surface area contributed by atoms with Crippen molar-refractivity contribution in [2.75, 3.05) is 0 Å². The largest absolute Gasteiger partial charge is 0.481 e. The summed E-state index contributed by atoms with van der Waals surface area (Å²) in [5, 5.41) is 16.9. The Bertz CT molecular complexity index is 300. The standard InChI is InChI=1S/C7H8N2O4/c10-6(11)3-5-8-1-2-9(5)4-7(12)13/h1-2H,3-4H2,(H2,10,11,12,13)/p+1. The molecule has 0 aliphatic rings. The quantitative estimate of drug-likeness (QED) is 0.525. The lowest BCUT2D eigenvalue weighted by atomic mass is 10.4. The summed E-state index contributed by atoms with van der Waals surface area (Å²) >= 11 is 0. The van der Waals surface area contributed by atoms with Gasteiger partial charge in [-0.2, -0.15) is 0 Å². The minimum absolute atomic E-state index is 0.208. The number of imidazole rings is 1. The molecule has 0 saturated heterocycles. The summed E-state index contributed by atoms with van der Waals surface area (Å²) in [6.07, 6.45) is 2.79. The molecule has 13 heavy (non-hydrogen) atoms. The van der Waals surface area contributed by atoms with Crippen molar-refractivity contribution in [2.45, 2.75) is 13.0 Å². The molecule has 0 saturated carbocycles. The van der Waals surface area contributed by atoms with Gasteiger partial charge < -0.3 is 10.2 Å². The average Bonchev–Trinajstić information content (AvgIpc) is 2.34. The lowest BCUT2D eigenvalue weighted by Crippen LogP contribution is -2.40. The highest BCUT2D eigenvalue weighted by molar-refractivity contribution is 5.68. The molecule has 6 nitrogen and oxygen atoms in total. The molecular formula is C7H9N2O4+. The van der Waals surface area contributed by atoms with E-state index in [2.05, 4.69) is 4.98 Å². The van der Waals surface area contributed by atoms with Gasteiger partial charge in [-0.1, -0.05) is 0 Å². The molecule has 6 heteroatoms. The van der Waals surface area contributed by atoms with Gasteiger partial charge in [-0.3, -0.25) is 4.79 Å². The fraction of sp³-hybridized carbons (Fsp3) is 0.286. The maximum atomic E-state index is 10.3. The van der Waals surface area contributed by atoms with Gasteiger partial charge in [0.2, 0.25) is 0 Å². The highest BCUT2D eigenvalue weighted by Gasteiger charge is 2.16. The van der Waals surface area contributed by atoms with E-state index in [1.165, 1.54) is 17.0 Å². The fourth-order valence-corrected chi connectivity index (χ4v) is 0.986. The number of nitrogens with zero attached hydrogens (tertiary/aromatic N) is 1. The van der Waals surface area contributed by atoms with Crippen molar-refractivity contribution < 1.29 is 24.4 Å². The molecule has 0 unspecified atom stereocenters. The Hall–Kier alpha value is -1.85. The lowest BCUT2D eigenvalue weighted by molar-refractivity contribution is -0.691. The van der Waals surface area contributed by atoms with Crippen LogP contribution in [0.15, 0.2) is 12.4 Å². The Morgan fingerprint density at radius 3 is 2.62 bits per heavy atom. The topological polar surface area (TPSA) is 94.3 Å². The third-order valence-electron chi connectivity index (χ3n) is 1.48. The molecule has 0 fully saturated rings. The van der Waals surface area contributed by atoms with Crippen LogP contribution in [-0.4, -0.2) is 27.1 Å². The summed E-state index contributed by atoms with van der Waals surface area (Å²) < 4.78 is 1.34. The Morgan fingerprint density at radius 1 is 1.38 bits per heavy atom. The van der Waals surface area contributed by atoms with Crippen molar-refractivity contribution in [2.24, 2.45) is 0 Å². The summed E-state index contributed by atoms with van der Waals surface area (Å²) in [7, 11) is 0. The van der Waals surface area contributed by atoms with E-state index in [4.69, 9.17) is 10.2 Å². The third-order valence-corrected chi connectivity index (χ3v) is 1.48. The summed E-state index contributed by atoms with van der Waals surface area (Å²) in [5.41, 5.74) is 0. The summed E-state index contributed by atoms with van der Waals surface area (Å²) in [5.74, 6) is -1.63. The van der Waals surface area contributed by atoms with Crippen molar-refractivity contribution in [1.29, 1.82) is 0 Å². The first kappa shape index (κ1) is 9.24. The van der Waals surface area contributed by atoms with Crippen molar-refractivity contribution >= 4 is 11.9 Å². The number of nitrogens with one attached hydrogen (secondary N) is 1. The van der Waals surface area contributed by atoms with Gasteiger partial charge in [0.25, 0.3) is 5.82 Å². The Morgan fingerprint density at radius 2 is 2.08 bits per heavy atom. The van der Waals surface area contributed by atoms with Gasteiger partial charge in [0.1, 0.15) is 18.8 Å². The van der Waals surface area contributed by atoms with Crippen molar-refractivity contribution in [1.82, 2.24) is 4.98 Å². The van der Waals surface area contributed by atoms with Crippen molar-refractivity contribution in [3.8, 4) is 0 Å². The van der Waals surface area contributed by atoms with Crippen LogP contribution in [0.4, 0.5) is 0 Å². The number of rotatable bonds is 4. The molecule has 0 spiro atoms. The SMILES string of the molecule is O=C(O)Cc1[nH]cc[n+]1CC(=O)O. The first-order valence-electron chi connectivity index (χ1n) is 3.59. The predicted molar refractivity (Wildman–Crippen MR) is 40.0 cm³/mol. The van der Waals surface area contributed by atoms with E-state index in [0.29, 0.717) is 5.82 Å². The second kappa shape index (κ2) is 3.70. The van der Waals surface area contributed by atoms with Crippen LogP contribution in [0.3, 0.4) is 0 Å². The second-order valence-corrected chi connectivity index (χ2v) is 2.50. The highest BCUT2D eigenvalue weighted by Crippen LogP contribution is 1.88. The van der Waals surface area contributed by atoms with Gasteiger partial charge in [0.05, 0.1) is 0 Å². The number of carboxylic acids is 2. The monoisotopic (exact) mass is 185 g/mol. The fourth-order valence-electron chi connectivity index (χ4n) is 0.986. The molecule has 0 bridgehead atoms. The van der Waals surface area contributed by atoms with Crippen LogP contribution in [0.5, 0.6) is 0 Å². The number of aliphatic carboxylic acids is 2. The maximum Gasteiger partial charge on any atom is 0.346 e. The molecule has 0 aliphatic carbocycles. The van der Waals surface area contributed by atoms with Crippen molar-refractivity contribution in [3.05, 3.63) is 18.2 Å². The molecule has 0 radical (unpaired) electrons. The van der Waals surface area contributed by atoms with E-state index in [9.17, 15) is 9.59 Å². The summed E-state index contributed by atoms with van der Waals surface area (Å²) in [6.45, 7) is -0.230. The number of aromatic nitrogens is 2. The molecule has 0 aromatic carbocycles. The van der Waals surface area contributed by atoms with Crippen LogP contribution in [0.25, 0.3) is 0 Å². The van der Waals surface area contributed by atoms with E-state index < -0.39 is 11.9 Å². The first-order valence-corrected chi connectivity index (χ1v) is 3.59. The van der Waals surface area contributed by atoms with Gasteiger partial charge >= 0.3 is 11.9 Å². The zero-order valence-electron chi connectivity index (χ0n) is 6.73. The van der Waals surface area contributed by atoms with E-state index in [1.807, 2.05) is 0 Å². The Kier molecular flexibility index (Phi) is 2.63. The average molecular weight is 185 g/mol. The molecular weight excluding hydrogens is 176 g/mol. The van der Waals surface area contributed by atoms with Crippen molar-refractivity contribution in [3.63, 3.8) is 0 Å². The molecule has 1 heterocycles. The third kappa shape index (κ3) is 2.58. The molecule has 70 valence electrons. The predicted octanol–water partition coefficient (Wildman–Crippen LogP) is -0.986. The number of carbonyl (C=O) groups is 2. The van der Waals surface area contributed by atoms with Gasteiger partial charge in [-0.05, 0) is 0 Å².